The molecule has 0 unspecified atom stereocenters. The summed E-state index contributed by atoms with van der Waals surface area (Å²) in [5.41, 5.74) is 6.63. The Morgan fingerprint density at radius 3 is 2.42 bits per heavy atom. The van der Waals surface area contributed by atoms with Gasteiger partial charge in [-0.3, -0.25) is 0 Å². The van der Waals surface area contributed by atoms with Gasteiger partial charge in [0.25, 0.3) is 0 Å². The first-order valence-electron chi connectivity index (χ1n) is 4.68. The second-order valence-corrected chi connectivity index (χ2v) is 4.90. The quantitative estimate of drug-likeness (QED) is 0.636. The Bertz CT molecular complexity index is 353. The van der Waals surface area contributed by atoms with Gasteiger partial charge in [0.1, 0.15) is 0 Å². The van der Waals surface area contributed by atoms with Crippen molar-refractivity contribution < 1.29 is 0 Å². The van der Waals surface area contributed by atoms with Crippen molar-refractivity contribution in [2.24, 2.45) is 0 Å². The number of rotatable bonds is 0. The Balaban J connectivity index is 2.29. The Hall–Kier alpha value is -0.0500. The second-order valence-electron chi connectivity index (χ2n) is 3.82. The first-order chi connectivity index (χ1) is 5.86. The maximum absolute atomic E-state index is 2.55. The summed E-state index contributed by atoms with van der Waals surface area (Å²) < 4.78 is 1.60. The van der Waals surface area contributed by atoms with Crippen LogP contribution >= 0.6 is 22.6 Å². The van der Waals surface area contributed by atoms with Crippen LogP contribution in [-0.4, -0.2) is 0 Å². The van der Waals surface area contributed by atoms with Gasteiger partial charge in [-0.2, -0.15) is 0 Å². The van der Waals surface area contributed by atoms with Gasteiger partial charge < -0.3 is 0 Å². The molecule has 0 aromatic heterocycles. The molecule has 0 heterocycles. The van der Waals surface area contributed by atoms with E-state index in [0.717, 1.165) is 0 Å². The molecule has 0 aliphatic heterocycles. The van der Waals surface area contributed by atoms with Crippen molar-refractivity contribution in [2.75, 3.05) is 0 Å². The Kier molecular flexibility index (Phi) is 1.52. The van der Waals surface area contributed by atoms with Crippen LogP contribution < -0.4 is 0 Å². The average Bonchev–Trinajstić information content (AvgIpc) is 2.43. The van der Waals surface area contributed by atoms with E-state index < -0.39 is 0 Å². The second kappa shape index (κ2) is 2.47. The Morgan fingerprint density at radius 1 is 0.917 bits per heavy atom. The molecule has 3 rings (SSSR count). The number of aryl methyl sites for hydroxylation is 2. The first-order valence-corrected chi connectivity index (χ1v) is 5.76. The van der Waals surface area contributed by atoms with Gasteiger partial charge in [-0.15, -0.1) is 0 Å². The SMILES string of the molecule is Ic1c2c(cc3c1CC3)CCC2. The van der Waals surface area contributed by atoms with E-state index in [4.69, 9.17) is 0 Å². The topological polar surface area (TPSA) is 0 Å². The van der Waals surface area contributed by atoms with Crippen molar-refractivity contribution in [2.45, 2.75) is 32.1 Å². The highest BCUT2D eigenvalue weighted by Gasteiger charge is 2.23. The molecule has 2 aliphatic carbocycles. The van der Waals surface area contributed by atoms with Gasteiger partial charge >= 0.3 is 0 Å². The zero-order chi connectivity index (χ0) is 8.13. The molecule has 62 valence electrons. The maximum Gasteiger partial charge on any atom is 0.0200 e. The van der Waals surface area contributed by atoms with E-state index in [9.17, 15) is 0 Å². The van der Waals surface area contributed by atoms with Gasteiger partial charge in [0.15, 0.2) is 0 Å². The standard InChI is InChI=1S/C11H11I/c12-11-9-3-1-2-7(9)6-8-4-5-10(8)11/h6H,1-5H2. The molecule has 2 aliphatic rings. The zero-order valence-electron chi connectivity index (χ0n) is 6.99. The number of halogens is 1. The largest absolute Gasteiger partial charge is 0.0552 e. The summed E-state index contributed by atoms with van der Waals surface area (Å²) in [7, 11) is 0. The van der Waals surface area contributed by atoms with Crippen LogP contribution in [0.25, 0.3) is 0 Å². The monoisotopic (exact) mass is 270 g/mol. The van der Waals surface area contributed by atoms with E-state index in [-0.39, 0.29) is 0 Å². The summed E-state index contributed by atoms with van der Waals surface area (Å²) in [4.78, 5) is 0. The zero-order valence-corrected chi connectivity index (χ0v) is 9.15. The normalized spacial score (nSPS) is 18.4. The number of benzene rings is 1. The molecule has 0 N–H and O–H groups in total. The summed E-state index contributed by atoms with van der Waals surface area (Å²) in [5, 5.41) is 0. The number of hydrogen-bond acceptors (Lipinski definition) is 0. The molecular weight excluding hydrogens is 259 g/mol. The third-order valence-corrected chi connectivity index (χ3v) is 4.47. The summed E-state index contributed by atoms with van der Waals surface area (Å²) >= 11 is 2.55. The van der Waals surface area contributed by atoms with Crippen LogP contribution in [-0.2, 0) is 25.7 Å². The van der Waals surface area contributed by atoms with Crippen LogP contribution in [0.3, 0.4) is 0 Å². The number of fused-ring (bicyclic) bond motifs is 2. The predicted octanol–water partition coefficient (Wildman–Crippen LogP) is 2.88. The van der Waals surface area contributed by atoms with E-state index >= 15 is 0 Å². The molecule has 0 saturated heterocycles. The molecule has 0 nitrogen and oxygen atoms in total. The number of hydrogen-bond donors (Lipinski definition) is 0. The fraction of sp³-hybridized carbons (Fsp3) is 0.455. The summed E-state index contributed by atoms with van der Waals surface area (Å²) in [6, 6.07) is 2.46. The lowest BCUT2D eigenvalue weighted by Crippen LogP contribution is -2.12. The molecule has 0 atom stereocenters. The molecule has 0 spiro atoms. The highest BCUT2D eigenvalue weighted by atomic mass is 127. The van der Waals surface area contributed by atoms with Crippen LogP contribution in [0.1, 0.15) is 28.7 Å². The highest BCUT2D eigenvalue weighted by Crippen LogP contribution is 2.36. The van der Waals surface area contributed by atoms with Crippen molar-refractivity contribution in [1.82, 2.24) is 0 Å². The van der Waals surface area contributed by atoms with E-state index in [0.29, 0.717) is 0 Å². The van der Waals surface area contributed by atoms with Gasteiger partial charge in [0, 0.05) is 3.57 Å². The highest BCUT2D eigenvalue weighted by molar-refractivity contribution is 14.1. The lowest BCUT2D eigenvalue weighted by molar-refractivity contribution is 0.824. The Morgan fingerprint density at radius 2 is 1.67 bits per heavy atom. The van der Waals surface area contributed by atoms with Gasteiger partial charge in [-0.1, -0.05) is 6.07 Å². The molecule has 1 heteroatoms. The third kappa shape index (κ3) is 0.832. The van der Waals surface area contributed by atoms with Crippen molar-refractivity contribution >= 4 is 22.6 Å². The van der Waals surface area contributed by atoms with Crippen LogP contribution in [0.5, 0.6) is 0 Å². The lowest BCUT2D eigenvalue weighted by Gasteiger charge is -2.23. The Labute approximate surface area is 86.5 Å². The van der Waals surface area contributed by atoms with Crippen molar-refractivity contribution in [3.8, 4) is 0 Å². The summed E-state index contributed by atoms with van der Waals surface area (Å²) in [6.45, 7) is 0. The molecule has 1 aromatic rings. The van der Waals surface area contributed by atoms with Gasteiger partial charge in [-0.25, -0.2) is 0 Å². The van der Waals surface area contributed by atoms with Crippen molar-refractivity contribution in [1.29, 1.82) is 0 Å². The molecule has 0 saturated carbocycles. The molecule has 0 bridgehead atoms. The summed E-state index contributed by atoms with van der Waals surface area (Å²) in [5.74, 6) is 0. The van der Waals surface area contributed by atoms with Gasteiger partial charge in [-0.05, 0) is 76.9 Å². The third-order valence-electron chi connectivity index (χ3n) is 3.17. The minimum atomic E-state index is 1.33. The van der Waals surface area contributed by atoms with E-state index in [1.54, 1.807) is 25.8 Å². The molecular formula is C11H11I. The molecule has 12 heavy (non-hydrogen) atoms. The summed E-state index contributed by atoms with van der Waals surface area (Å²) in [6.07, 6.45) is 6.72. The molecule has 0 radical (unpaired) electrons. The minimum absolute atomic E-state index is 1.33. The average molecular weight is 270 g/mol. The van der Waals surface area contributed by atoms with E-state index in [1.165, 1.54) is 32.1 Å². The fourth-order valence-corrected chi connectivity index (χ4v) is 3.61. The van der Waals surface area contributed by atoms with E-state index in [1.807, 2.05) is 0 Å². The van der Waals surface area contributed by atoms with Crippen LogP contribution in [0, 0.1) is 3.57 Å². The van der Waals surface area contributed by atoms with Crippen LogP contribution in [0.15, 0.2) is 6.07 Å². The molecule has 1 aromatic carbocycles. The molecule has 0 fully saturated rings. The van der Waals surface area contributed by atoms with Crippen LogP contribution in [0.4, 0.5) is 0 Å². The van der Waals surface area contributed by atoms with E-state index in [2.05, 4.69) is 28.7 Å². The maximum atomic E-state index is 2.55. The fourth-order valence-electron chi connectivity index (χ4n) is 2.37. The first kappa shape index (κ1) is 7.36. The van der Waals surface area contributed by atoms with Crippen molar-refractivity contribution in [3.05, 3.63) is 31.9 Å². The molecule has 0 amide bonds. The van der Waals surface area contributed by atoms with Crippen LogP contribution in [0.2, 0.25) is 0 Å². The van der Waals surface area contributed by atoms with Crippen molar-refractivity contribution in [3.63, 3.8) is 0 Å². The van der Waals surface area contributed by atoms with Gasteiger partial charge in [0.05, 0.1) is 0 Å². The van der Waals surface area contributed by atoms with Gasteiger partial charge in [0.2, 0.25) is 0 Å². The smallest absolute Gasteiger partial charge is 0.0200 e. The lowest BCUT2D eigenvalue weighted by atomic mass is 9.85. The predicted molar refractivity (Wildman–Crippen MR) is 58.6 cm³/mol. The minimum Gasteiger partial charge on any atom is -0.0552 e.